The van der Waals surface area contributed by atoms with Crippen molar-refractivity contribution < 1.29 is 10.0 Å². The van der Waals surface area contributed by atoms with Crippen molar-refractivity contribution in [2.45, 2.75) is 0 Å². The molecule has 0 aromatic heterocycles. The molecule has 23 heavy (non-hydrogen) atoms. The van der Waals surface area contributed by atoms with Crippen molar-refractivity contribution in [1.82, 2.24) is 0 Å². The van der Waals surface area contributed by atoms with Crippen LogP contribution >= 0.6 is 15.9 Å². The Morgan fingerprint density at radius 2 is 1.78 bits per heavy atom. The van der Waals surface area contributed by atoms with Gasteiger partial charge in [-0.25, -0.2) is 0 Å². The van der Waals surface area contributed by atoms with Gasteiger partial charge in [0.25, 0.3) is 5.91 Å². The third kappa shape index (κ3) is 2.40. The maximum atomic E-state index is 12.4. The molecule has 0 aliphatic carbocycles. The normalized spacial score (nSPS) is 19.7. The van der Waals surface area contributed by atoms with Gasteiger partial charge in [0.2, 0.25) is 0 Å². The number of carbonyl (C=O) groups is 1. The number of para-hydroxylation sites is 1. The summed E-state index contributed by atoms with van der Waals surface area (Å²) in [6.07, 6.45) is 0. The molecule has 2 aromatic carbocycles. The number of nitrogens with one attached hydrogen (secondary N) is 2. The number of benzene rings is 2. The van der Waals surface area contributed by atoms with Crippen molar-refractivity contribution in [1.29, 1.82) is 0 Å². The van der Waals surface area contributed by atoms with Gasteiger partial charge in [-0.1, -0.05) is 45.4 Å². The fraction of sp³-hybridized carbons (Fsp3) is 0. The quantitative estimate of drug-likeness (QED) is 0.291. The monoisotopic (exact) mass is 363 g/mol. The second kappa shape index (κ2) is 5.89. The number of hydrogen-bond acceptors (Lipinski definition) is 4. The first-order chi connectivity index (χ1) is 10.7. The molecule has 0 saturated heterocycles. The van der Waals surface area contributed by atoms with E-state index < -0.39 is 0 Å². The van der Waals surface area contributed by atoms with E-state index in [-0.39, 0.29) is 24.8 Å². The number of allylic oxidation sites excluding steroid dienone is 1. The molecule has 2 heterocycles. The number of oxime groups is 1. The van der Waals surface area contributed by atoms with Crippen molar-refractivity contribution in [3.05, 3.63) is 63.8 Å². The van der Waals surface area contributed by atoms with E-state index in [4.69, 9.17) is 0 Å². The third-order valence-electron chi connectivity index (χ3n) is 3.75. The average molecular weight is 364 g/mol. The maximum absolute atomic E-state index is 12.4. The van der Waals surface area contributed by atoms with Crippen LogP contribution in [0, 0.1) is 0 Å². The van der Waals surface area contributed by atoms with Gasteiger partial charge in [0, 0.05) is 21.3 Å². The predicted molar refractivity (Wildman–Crippen MR) is 95.2 cm³/mol. The van der Waals surface area contributed by atoms with E-state index in [0.717, 1.165) is 27.0 Å². The van der Waals surface area contributed by atoms with Gasteiger partial charge in [-0.05, 0) is 18.2 Å². The molecule has 0 radical (unpaired) electrons. The van der Waals surface area contributed by atoms with E-state index in [1.165, 1.54) is 0 Å². The molecule has 0 atom stereocenters. The Bertz CT molecular complexity index is 893. The van der Waals surface area contributed by atoms with Crippen LogP contribution in [0.3, 0.4) is 0 Å². The molecule has 110 valence electrons. The number of amides is 1. The van der Waals surface area contributed by atoms with Crippen LogP contribution in [-0.4, -0.2) is 35.7 Å². The molecule has 2 aromatic rings. The molecule has 4 rings (SSSR count). The van der Waals surface area contributed by atoms with Crippen molar-refractivity contribution in [2.75, 3.05) is 10.6 Å². The van der Waals surface area contributed by atoms with Crippen molar-refractivity contribution >= 4 is 63.4 Å². The van der Waals surface area contributed by atoms with Crippen LogP contribution in [0.1, 0.15) is 11.1 Å². The Morgan fingerprint density at radius 3 is 2.57 bits per heavy atom. The molecule has 0 spiro atoms. The summed E-state index contributed by atoms with van der Waals surface area (Å²) < 4.78 is 0.886. The molecular formula is C16H11BrLiN3O2. The first-order valence-electron chi connectivity index (χ1n) is 6.63. The number of fused-ring (bicyclic) bond motifs is 2. The van der Waals surface area contributed by atoms with Gasteiger partial charge in [-0.2, -0.15) is 0 Å². The van der Waals surface area contributed by atoms with Crippen LogP contribution in [0.15, 0.2) is 57.8 Å². The predicted octanol–water partition coefficient (Wildman–Crippen LogP) is 2.77. The summed E-state index contributed by atoms with van der Waals surface area (Å²) in [5.74, 6) is -0.218. The molecule has 0 unspecified atom stereocenters. The van der Waals surface area contributed by atoms with Gasteiger partial charge in [-0.15, -0.1) is 0 Å². The van der Waals surface area contributed by atoms with Gasteiger partial charge >= 0.3 is 18.9 Å². The van der Waals surface area contributed by atoms with E-state index in [9.17, 15) is 10.0 Å². The van der Waals surface area contributed by atoms with Crippen molar-refractivity contribution in [3.8, 4) is 0 Å². The Morgan fingerprint density at radius 1 is 1.00 bits per heavy atom. The Labute approximate surface area is 152 Å². The van der Waals surface area contributed by atoms with Gasteiger partial charge in [-0.3, -0.25) is 4.79 Å². The Kier molecular flexibility index (Phi) is 4.07. The standard InChI is InChI=1S/C16H10BrN3O2.Li.H/c17-8-5-6-9-12(7-8)19-16(21)13(9)15-14(20-22)10-3-1-2-4-11(10)18-15;;/h1-7,18,22H,(H,19,21);;/b15-13-,20-14+;;. The summed E-state index contributed by atoms with van der Waals surface area (Å²) in [7, 11) is 0. The van der Waals surface area contributed by atoms with Crippen LogP contribution in [-0.2, 0) is 4.79 Å². The van der Waals surface area contributed by atoms with E-state index in [2.05, 4.69) is 31.7 Å². The molecule has 0 bridgehead atoms. The van der Waals surface area contributed by atoms with Crippen molar-refractivity contribution in [3.63, 3.8) is 0 Å². The Hall–Kier alpha value is -2.00. The summed E-state index contributed by atoms with van der Waals surface area (Å²) in [5.41, 5.74) is 4.47. The molecule has 2 aliphatic rings. The minimum absolute atomic E-state index is 0. The fourth-order valence-electron chi connectivity index (χ4n) is 2.81. The Balaban J connectivity index is 0.00000156. The second-order valence-electron chi connectivity index (χ2n) is 5.01. The SMILES string of the molecule is O=C1Nc2cc(Br)ccc2/C1=C1/Nc2ccccc2/C1=N\O.[LiH]. The van der Waals surface area contributed by atoms with Crippen LogP contribution in [0.4, 0.5) is 11.4 Å². The first kappa shape index (κ1) is 15.9. The number of nitrogens with zero attached hydrogens (tertiary/aromatic N) is 1. The van der Waals surface area contributed by atoms with E-state index in [1.807, 2.05) is 42.5 Å². The summed E-state index contributed by atoms with van der Waals surface area (Å²) in [6.45, 7) is 0. The molecule has 1 amide bonds. The number of rotatable bonds is 0. The van der Waals surface area contributed by atoms with Gasteiger partial charge in [0.05, 0.1) is 17.0 Å². The van der Waals surface area contributed by atoms with Crippen molar-refractivity contribution in [2.24, 2.45) is 5.16 Å². The van der Waals surface area contributed by atoms with E-state index >= 15 is 0 Å². The molecule has 0 fully saturated rings. The van der Waals surface area contributed by atoms with E-state index in [0.29, 0.717) is 17.0 Å². The number of halogens is 1. The van der Waals surface area contributed by atoms with Crippen LogP contribution in [0.2, 0.25) is 0 Å². The number of carbonyl (C=O) groups excluding carboxylic acids is 1. The molecule has 7 heteroatoms. The minimum atomic E-state index is -0.218. The average Bonchev–Trinajstić information content (AvgIpc) is 3.02. The molecule has 2 aliphatic heterocycles. The fourth-order valence-corrected chi connectivity index (χ4v) is 3.17. The summed E-state index contributed by atoms with van der Waals surface area (Å²) >= 11 is 3.39. The van der Waals surface area contributed by atoms with Crippen LogP contribution in [0.5, 0.6) is 0 Å². The third-order valence-corrected chi connectivity index (χ3v) is 4.25. The number of hydrogen-bond donors (Lipinski definition) is 3. The van der Waals surface area contributed by atoms with Crippen LogP contribution in [0.25, 0.3) is 5.57 Å². The zero-order valence-electron chi connectivity index (χ0n) is 11.2. The first-order valence-corrected chi connectivity index (χ1v) is 7.43. The zero-order valence-corrected chi connectivity index (χ0v) is 12.8. The second-order valence-corrected chi connectivity index (χ2v) is 5.93. The topological polar surface area (TPSA) is 73.7 Å². The van der Waals surface area contributed by atoms with Gasteiger partial charge in [0.1, 0.15) is 5.71 Å². The summed E-state index contributed by atoms with van der Waals surface area (Å²) in [5, 5.41) is 18.8. The van der Waals surface area contributed by atoms with Crippen LogP contribution < -0.4 is 10.6 Å². The molecule has 0 saturated carbocycles. The molecule has 3 N–H and O–H groups in total. The zero-order chi connectivity index (χ0) is 15.3. The van der Waals surface area contributed by atoms with Gasteiger partial charge < -0.3 is 15.8 Å². The van der Waals surface area contributed by atoms with Gasteiger partial charge in [0.15, 0.2) is 0 Å². The summed E-state index contributed by atoms with van der Waals surface area (Å²) in [4.78, 5) is 12.4. The molecular weight excluding hydrogens is 353 g/mol. The number of anilines is 2. The molecule has 5 nitrogen and oxygen atoms in total. The van der Waals surface area contributed by atoms with E-state index in [1.54, 1.807) is 0 Å². The summed E-state index contributed by atoms with van der Waals surface area (Å²) in [6, 6.07) is 13.0.